The number of benzene rings is 1. The fourth-order valence-electron chi connectivity index (χ4n) is 2.51. The first-order valence-corrected chi connectivity index (χ1v) is 7.89. The van der Waals surface area contributed by atoms with Crippen molar-refractivity contribution in [2.24, 2.45) is 0 Å². The van der Waals surface area contributed by atoms with Crippen molar-refractivity contribution in [3.05, 3.63) is 47.3 Å². The van der Waals surface area contributed by atoms with Crippen LogP contribution in [-0.4, -0.2) is 47.5 Å². The minimum absolute atomic E-state index is 0.0159. The number of H-pyrrole nitrogens is 1. The number of carbonyl (C=O) groups is 3. The molecule has 1 heterocycles. The lowest BCUT2D eigenvalue weighted by atomic mass is 9.98. The van der Waals surface area contributed by atoms with Crippen molar-refractivity contribution in [3.63, 3.8) is 0 Å². The third-order valence-electron chi connectivity index (χ3n) is 3.56. The predicted molar refractivity (Wildman–Crippen MR) is 91.3 cm³/mol. The van der Waals surface area contributed by atoms with E-state index in [1.54, 1.807) is 38.1 Å². The third-order valence-corrected chi connectivity index (χ3v) is 3.56. The van der Waals surface area contributed by atoms with Crippen LogP contribution in [0.25, 0.3) is 11.1 Å². The summed E-state index contributed by atoms with van der Waals surface area (Å²) in [5.41, 5.74) is 1.64. The van der Waals surface area contributed by atoms with E-state index in [4.69, 9.17) is 9.84 Å². The molecule has 0 aliphatic carbocycles. The molecule has 2 aromatic rings. The molecule has 132 valence electrons. The summed E-state index contributed by atoms with van der Waals surface area (Å²) in [4.78, 5) is 39.7. The number of aliphatic hydroxyl groups is 1. The molecule has 0 spiro atoms. The highest BCUT2D eigenvalue weighted by molar-refractivity contribution is 6.43. The molecule has 7 heteroatoms. The molecule has 0 fully saturated rings. The number of ether oxygens (including phenoxy) is 1. The number of Topliss-reactive ketones (excluding diaryl/α,β-unsaturated/α-hetero) is 1. The van der Waals surface area contributed by atoms with Crippen molar-refractivity contribution in [1.29, 1.82) is 0 Å². The maximum Gasteiger partial charge on any atom is 0.340 e. The number of aromatic amines is 1. The van der Waals surface area contributed by atoms with Gasteiger partial charge in [-0.25, -0.2) is 4.79 Å². The van der Waals surface area contributed by atoms with Gasteiger partial charge in [-0.15, -0.1) is 0 Å². The number of carbonyl (C=O) groups excluding carboxylic acids is 3. The highest BCUT2D eigenvalue weighted by Gasteiger charge is 2.29. The van der Waals surface area contributed by atoms with Crippen molar-refractivity contribution < 1.29 is 24.2 Å². The minimum Gasteiger partial charge on any atom is -0.462 e. The Balaban J connectivity index is 2.57. The lowest BCUT2D eigenvalue weighted by molar-refractivity contribution is -0.117. The second kappa shape index (κ2) is 8.25. The zero-order valence-electron chi connectivity index (χ0n) is 14.1. The monoisotopic (exact) mass is 344 g/mol. The fraction of sp³-hybridized carbons (Fsp3) is 0.278. The summed E-state index contributed by atoms with van der Waals surface area (Å²) in [7, 11) is 0. The highest BCUT2D eigenvalue weighted by atomic mass is 16.5. The Labute approximate surface area is 145 Å². The highest BCUT2D eigenvalue weighted by Crippen LogP contribution is 2.31. The van der Waals surface area contributed by atoms with Crippen LogP contribution < -0.4 is 5.32 Å². The van der Waals surface area contributed by atoms with E-state index in [0.29, 0.717) is 16.8 Å². The second-order valence-corrected chi connectivity index (χ2v) is 5.27. The molecule has 0 saturated heterocycles. The number of aliphatic hydroxyl groups excluding tert-OH is 1. The van der Waals surface area contributed by atoms with E-state index in [1.165, 1.54) is 0 Å². The van der Waals surface area contributed by atoms with Gasteiger partial charge in [-0.2, -0.15) is 0 Å². The quantitative estimate of drug-likeness (QED) is 0.400. The molecular formula is C18H20N2O5. The Morgan fingerprint density at radius 3 is 2.48 bits per heavy atom. The molecule has 25 heavy (non-hydrogen) atoms. The van der Waals surface area contributed by atoms with E-state index >= 15 is 0 Å². The van der Waals surface area contributed by atoms with Crippen LogP contribution in [0.4, 0.5) is 0 Å². The smallest absolute Gasteiger partial charge is 0.340 e. The first-order valence-electron chi connectivity index (χ1n) is 7.89. The Hall–Kier alpha value is -2.93. The lowest BCUT2D eigenvalue weighted by Crippen LogP contribution is -2.33. The van der Waals surface area contributed by atoms with Crippen molar-refractivity contribution in [1.82, 2.24) is 10.3 Å². The number of ketones is 1. The molecule has 1 aromatic heterocycles. The normalized spacial score (nSPS) is 10.4. The largest absolute Gasteiger partial charge is 0.462 e. The molecular weight excluding hydrogens is 324 g/mol. The molecule has 1 aromatic carbocycles. The van der Waals surface area contributed by atoms with Gasteiger partial charge in [0.1, 0.15) is 5.69 Å². The van der Waals surface area contributed by atoms with E-state index in [9.17, 15) is 14.4 Å². The van der Waals surface area contributed by atoms with Crippen LogP contribution in [0.5, 0.6) is 0 Å². The molecule has 0 bridgehead atoms. The van der Waals surface area contributed by atoms with Gasteiger partial charge in [0.2, 0.25) is 0 Å². The molecule has 0 saturated carbocycles. The van der Waals surface area contributed by atoms with Crippen LogP contribution in [0.2, 0.25) is 0 Å². The summed E-state index contributed by atoms with van der Waals surface area (Å²) in [6, 6.07) is 8.84. The summed E-state index contributed by atoms with van der Waals surface area (Å²) in [5, 5.41) is 11.1. The number of esters is 1. The zero-order chi connectivity index (χ0) is 18.4. The van der Waals surface area contributed by atoms with Crippen LogP contribution >= 0.6 is 0 Å². The van der Waals surface area contributed by atoms with E-state index in [0.717, 1.165) is 0 Å². The first-order chi connectivity index (χ1) is 12.0. The Kier molecular flexibility index (Phi) is 6.08. The van der Waals surface area contributed by atoms with Crippen LogP contribution in [0.15, 0.2) is 30.3 Å². The van der Waals surface area contributed by atoms with E-state index in [1.807, 2.05) is 6.07 Å². The van der Waals surface area contributed by atoms with Gasteiger partial charge >= 0.3 is 5.97 Å². The maximum absolute atomic E-state index is 12.5. The van der Waals surface area contributed by atoms with Crippen molar-refractivity contribution >= 4 is 17.7 Å². The molecule has 0 atom stereocenters. The second-order valence-electron chi connectivity index (χ2n) is 5.27. The number of aromatic nitrogens is 1. The van der Waals surface area contributed by atoms with E-state index in [-0.39, 0.29) is 31.0 Å². The third kappa shape index (κ3) is 3.95. The topological polar surface area (TPSA) is 108 Å². The summed E-state index contributed by atoms with van der Waals surface area (Å²) >= 11 is 0. The molecule has 7 nitrogen and oxygen atoms in total. The lowest BCUT2D eigenvalue weighted by Gasteiger charge is -2.08. The SMILES string of the molecule is CCOC(=O)c1c(C)[nH]c(C(=O)C(=O)NCCO)c1-c1ccccc1. The standard InChI is InChI=1S/C18H20N2O5/c1-3-25-18(24)13-11(2)20-15(16(22)17(23)19-9-10-21)14(13)12-7-5-4-6-8-12/h4-8,20-21H,3,9-10H2,1-2H3,(H,19,23). The van der Waals surface area contributed by atoms with Crippen molar-refractivity contribution in [2.45, 2.75) is 13.8 Å². The predicted octanol–water partition coefficient (Wildman–Crippen LogP) is 1.46. The molecule has 0 aliphatic rings. The summed E-state index contributed by atoms with van der Waals surface area (Å²) in [5.74, 6) is -2.24. The Morgan fingerprint density at radius 1 is 1.20 bits per heavy atom. The molecule has 1 amide bonds. The number of hydrogen-bond donors (Lipinski definition) is 3. The van der Waals surface area contributed by atoms with Gasteiger partial charge in [0.25, 0.3) is 11.7 Å². The number of hydrogen-bond acceptors (Lipinski definition) is 5. The molecule has 3 N–H and O–H groups in total. The summed E-state index contributed by atoms with van der Waals surface area (Å²) in [6.07, 6.45) is 0. The summed E-state index contributed by atoms with van der Waals surface area (Å²) in [6.45, 7) is 3.22. The van der Waals surface area contributed by atoms with Gasteiger partial charge in [-0.3, -0.25) is 9.59 Å². The molecule has 0 aliphatic heterocycles. The van der Waals surface area contributed by atoms with E-state index in [2.05, 4.69) is 10.3 Å². The van der Waals surface area contributed by atoms with Crippen LogP contribution in [-0.2, 0) is 9.53 Å². The van der Waals surface area contributed by atoms with E-state index < -0.39 is 17.7 Å². The number of rotatable bonds is 7. The Morgan fingerprint density at radius 2 is 1.88 bits per heavy atom. The van der Waals surface area contributed by atoms with Gasteiger partial charge in [-0.05, 0) is 19.4 Å². The zero-order valence-corrected chi connectivity index (χ0v) is 14.1. The molecule has 2 rings (SSSR count). The van der Waals surface area contributed by atoms with Gasteiger partial charge in [-0.1, -0.05) is 30.3 Å². The number of amides is 1. The van der Waals surface area contributed by atoms with Gasteiger partial charge < -0.3 is 20.1 Å². The van der Waals surface area contributed by atoms with Gasteiger partial charge in [0.05, 0.1) is 18.8 Å². The van der Waals surface area contributed by atoms with Crippen molar-refractivity contribution in [2.75, 3.05) is 19.8 Å². The molecule has 0 unspecified atom stereocenters. The van der Waals surface area contributed by atoms with Crippen molar-refractivity contribution in [3.8, 4) is 11.1 Å². The van der Waals surface area contributed by atoms with Crippen LogP contribution in [0.1, 0.15) is 33.5 Å². The average molecular weight is 344 g/mol. The minimum atomic E-state index is -0.858. The maximum atomic E-state index is 12.5. The average Bonchev–Trinajstić information content (AvgIpc) is 2.97. The summed E-state index contributed by atoms with van der Waals surface area (Å²) < 4.78 is 5.09. The number of aryl methyl sites for hydroxylation is 1. The van der Waals surface area contributed by atoms with Crippen LogP contribution in [0.3, 0.4) is 0 Å². The van der Waals surface area contributed by atoms with Crippen LogP contribution in [0, 0.1) is 6.92 Å². The number of nitrogens with one attached hydrogen (secondary N) is 2. The first kappa shape index (κ1) is 18.4. The van der Waals surface area contributed by atoms with Gasteiger partial charge in [0.15, 0.2) is 0 Å². The fourth-order valence-corrected chi connectivity index (χ4v) is 2.51. The Bertz CT molecular complexity index is 780. The van der Waals surface area contributed by atoms with Gasteiger partial charge in [0, 0.05) is 17.8 Å². The molecule has 0 radical (unpaired) electrons.